The lowest BCUT2D eigenvalue weighted by atomic mass is 9.84. The number of aryl methyl sites for hydroxylation is 1. The maximum absolute atomic E-state index is 12.9. The van der Waals surface area contributed by atoms with Gasteiger partial charge < -0.3 is 46.7 Å². The van der Waals surface area contributed by atoms with Gasteiger partial charge in [-0.2, -0.15) is 0 Å². The highest BCUT2D eigenvalue weighted by atomic mass is 16.6. The zero-order chi connectivity index (χ0) is 87.4. The molecule has 2 unspecified atom stereocenters. The summed E-state index contributed by atoms with van der Waals surface area (Å²) in [4.78, 5) is 179. The number of ether oxygens (including phenoxy) is 1. The number of nitrogens with one attached hydrogen (secondary N) is 7. The molecule has 1 aromatic heterocycles. The van der Waals surface area contributed by atoms with Crippen LogP contribution in [0, 0.1) is 29.1 Å². The van der Waals surface area contributed by atoms with Crippen molar-refractivity contribution in [3.05, 3.63) is 294 Å². The summed E-state index contributed by atoms with van der Waals surface area (Å²) in [5.74, 6) is -2.54. The molecule has 616 valence electrons. The fourth-order valence-electron chi connectivity index (χ4n) is 12.7. The molecule has 0 spiro atoms. The van der Waals surface area contributed by atoms with Crippen LogP contribution in [0.3, 0.4) is 0 Å². The van der Waals surface area contributed by atoms with Crippen LogP contribution in [0.5, 0.6) is 0 Å². The number of nitrogens with zero attached hydrogens (tertiary/aromatic N) is 1. The second kappa shape index (κ2) is 37.5. The van der Waals surface area contributed by atoms with Crippen molar-refractivity contribution in [3.8, 4) is 0 Å². The minimum atomic E-state index is -0.707. The number of cyclic esters (lactones) is 2. The number of anilines is 6. The van der Waals surface area contributed by atoms with Gasteiger partial charge in [0.1, 0.15) is 17.1 Å². The summed E-state index contributed by atoms with van der Waals surface area (Å²) >= 11 is 0. The van der Waals surface area contributed by atoms with Gasteiger partial charge in [-0.15, -0.1) is 0 Å². The average Bonchev–Trinajstić information content (AvgIpc) is 1.27. The van der Waals surface area contributed by atoms with E-state index >= 15 is 0 Å². The summed E-state index contributed by atoms with van der Waals surface area (Å²) in [7, 11) is 0. The summed E-state index contributed by atoms with van der Waals surface area (Å²) in [5, 5.41) is 26.9. The van der Waals surface area contributed by atoms with Crippen molar-refractivity contribution in [2.24, 2.45) is 22.2 Å². The lowest BCUT2D eigenvalue weighted by Gasteiger charge is -2.23. The summed E-state index contributed by atoms with van der Waals surface area (Å²) in [6.07, 6.45) is 5.13. The number of aliphatic hydroxyl groups is 1. The third kappa shape index (κ3) is 20.1. The van der Waals surface area contributed by atoms with Gasteiger partial charge in [-0.3, -0.25) is 62.3 Å². The Kier molecular flexibility index (Phi) is 27.6. The summed E-state index contributed by atoms with van der Waals surface area (Å²) in [5.41, 5.74) is 8.50. The first-order valence-electron chi connectivity index (χ1n) is 39.6. The Bertz CT molecular complexity index is 5910. The number of aromatic nitrogens is 2. The number of amides is 6. The molecule has 4 aliphatic rings. The van der Waals surface area contributed by atoms with Crippen molar-refractivity contribution >= 4 is 127 Å². The Labute approximate surface area is 694 Å². The van der Waals surface area contributed by atoms with Gasteiger partial charge in [-0.1, -0.05) is 175 Å². The number of aliphatic hydroxyl groups excluding tert-OH is 1. The number of H-pyrrole nitrogens is 1. The van der Waals surface area contributed by atoms with Gasteiger partial charge in [0, 0.05) is 118 Å². The van der Waals surface area contributed by atoms with Crippen LogP contribution in [0.2, 0.25) is 0 Å². The molecule has 2 atom stereocenters. The molecule has 10 aromatic rings. The van der Waals surface area contributed by atoms with Crippen LogP contribution in [0.4, 0.5) is 34.1 Å². The quantitative estimate of drug-likeness (QED) is 0.0292. The highest BCUT2D eigenvalue weighted by Gasteiger charge is 2.35. The number of allylic oxidation sites excluding steroid dienone is 1. The molecule has 24 heteroatoms. The van der Waals surface area contributed by atoms with Crippen molar-refractivity contribution in [2.75, 3.05) is 31.9 Å². The van der Waals surface area contributed by atoms with Crippen LogP contribution >= 0.6 is 0 Å². The number of rotatable bonds is 18. The molecule has 120 heavy (non-hydrogen) atoms. The highest BCUT2D eigenvalue weighted by Crippen LogP contribution is 2.35. The normalized spacial score (nSPS) is 13.3. The number of carbonyl (C=O) groups is 13. The number of hydrogen-bond acceptors (Lipinski definition) is 17. The summed E-state index contributed by atoms with van der Waals surface area (Å²) in [6, 6.07) is 52.4. The second-order valence-corrected chi connectivity index (χ2v) is 31.5. The highest BCUT2D eigenvalue weighted by molar-refractivity contribution is 6.30. The Balaban J connectivity index is 0.000000161. The summed E-state index contributed by atoms with van der Waals surface area (Å²) < 4.78 is 4.62. The zero-order valence-corrected chi connectivity index (χ0v) is 69.4. The Morgan fingerprint density at radius 2 is 0.892 bits per heavy atom. The number of benzene rings is 9. The van der Waals surface area contributed by atoms with Crippen LogP contribution in [0.15, 0.2) is 199 Å². The molecule has 0 saturated heterocycles. The number of para-hydroxylation sites is 1. The van der Waals surface area contributed by atoms with Crippen LogP contribution in [-0.4, -0.2) is 91.4 Å². The average molecular weight is 1620 g/mol. The Hall–Kier alpha value is -14.0. The first-order chi connectivity index (χ1) is 56.9. The minimum absolute atomic E-state index is 0.0436. The standard InChI is InChI=1S/C27H24N2O4.C25H21NO3.C15H19N3O2.C15H17NO4.C14H15NO3/c1-4-27(2,3)26(33)29-17-9-7-8-16(14-17)25(32)28-18-12-13-21-22(15-18)24(31)20-11-6-5-10-19(20)23(21)30;1-3-15(2)16-8-10-17(11-9-16)25(29)26-18-12-13-21-22(14-18)24(28)20-7-5-4-6-19(20)23(21)27;1-5-15(3,4)14(20)18-11-8-6-7-10-12(11)16-9(2)17-13(10)19;1-4-15(2,3)14(19)16-10-7-5-6-9-8-11(17)20-13(18)12(9)10;1-3-8(2)14(18)15-9-4-5-10-11(6-9)13(17)7-12(10)16/h5-15H,4H2,1-3H3,(H,28,32)(H,29,33);4-15H,3H2,1-2H3,(H,26,29);6-8H,5H2,1-4H3,(H,18,20)(H,16,17,19);5-7H,4,8H2,1-3H3,(H,16,19);4-8,17H,3H2,1-2H3,(H,15,18). The molecule has 3 aliphatic carbocycles. The molecule has 8 N–H and O–H groups in total. The van der Waals surface area contributed by atoms with Gasteiger partial charge in [0.25, 0.3) is 17.4 Å². The van der Waals surface area contributed by atoms with E-state index < -0.39 is 34.1 Å². The molecular formula is C96H96N8O16. The van der Waals surface area contributed by atoms with E-state index in [1.807, 2.05) is 88.3 Å². The largest absolute Gasteiger partial charge is 0.507 e. The minimum Gasteiger partial charge on any atom is -0.507 e. The van der Waals surface area contributed by atoms with Crippen LogP contribution < -0.4 is 37.5 Å². The van der Waals surface area contributed by atoms with Crippen LogP contribution in [0.1, 0.15) is 256 Å². The Morgan fingerprint density at radius 3 is 1.41 bits per heavy atom. The topological polar surface area (TPSA) is 369 Å². The van der Waals surface area contributed by atoms with Crippen LogP contribution in [0.25, 0.3) is 16.7 Å². The van der Waals surface area contributed by atoms with Gasteiger partial charge in [0.05, 0.1) is 28.7 Å². The molecule has 0 radical (unpaired) electrons. The Morgan fingerprint density at radius 1 is 0.450 bits per heavy atom. The number of esters is 2. The molecular weight excluding hydrogens is 1520 g/mol. The molecule has 14 rings (SSSR count). The van der Waals surface area contributed by atoms with Gasteiger partial charge in [-0.05, 0) is 159 Å². The van der Waals surface area contributed by atoms with Crippen molar-refractivity contribution in [1.29, 1.82) is 0 Å². The second-order valence-electron chi connectivity index (χ2n) is 31.5. The van der Waals surface area contributed by atoms with E-state index in [2.05, 4.69) is 60.5 Å². The van der Waals surface area contributed by atoms with Gasteiger partial charge in [-0.25, -0.2) is 9.78 Å². The third-order valence-electron chi connectivity index (χ3n) is 22.0. The zero-order valence-electron chi connectivity index (χ0n) is 69.4. The molecule has 2 heterocycles. The molecule has 1 aliphatic heterocycles. The molecule has 9 aromatic carbocycles. The van der Waals surface area contributed by atoms with Gasteiger partial charge in [0.2, 0.25) is 23.6 Å². The van der Waals surface area contributed by atoms with Gasteiger partial charge >= 0.3 is 11.9 Å². The smallest absolute Gasteiger partial charge is 0.348 e. The number of hydrogen-bond donors (Lipinski definition) is 8. The molecule has 0 bridgehead atoms. The molecule has 24 nitrogen and oxygen atoms in total. The van der Waals surface area contributed by atoms with E-state index in [0.717, 1.165) is 19.3 Å². The summed E-state index contributed by atoms with van der Waals surface area (Å²) in [6.45, 7) is 26.8. The first-order valence-corrected chi connectivity index (χ1v) is 39.6. The van der Waals surface area contributed by atoms with Gasteiger partial charge in [0.15, 0.2) is 28.9 Å². The number of ketones is 5. The fraction of sp³-hybridized carbons (Fsp3) is 0.260. The van der Waals surface area contributed by atoms with E-state index in [0.29, 0.717) is 136 Å². The number of aromatic amines is 1. The van der Waals surface area contributed by atoms with E-state index in [1.54, 1.807) is 177 Å². The maximum atomic E-state index is 12.9. The molecule has 6 amide bonds. The third-order valence-corrected chi connectivity index (χ3v) is 22.0. The van der Waals surface area contributed by atoms with Crippen LogP contribution in [-0.2, 0) is 35.1 Å². The monoisotopic (exact) mass is 1620 g/mol. The fourth-order valence-corrected chi connectivity index (χ4v) is 12.7. The van der Waals surface area contributed by atoms with E-state index in [9.17, 15) is 72.2 Å². The van der Waals surface area contributed by atoms with Crippen molar-refractivity contribution < 1.29 is 72.2 Å². The maximum Gasteiger partial charge on any atom is 0.348 e. The molecule has 0 fully saturated rings. The molecule has 0 saturated carbocycles. The lowest BCUT2D eigenvalue weighted by Crippen LogP contribution is -2.32. The lowest BCUT2D eigenvalue weighted by molar-refractivity contribution is -0.138. The van der Waals surface area contributed by atoms with Crippen molar-refractivity contribution in [2.45, 2.75) is 141 Å². The number of fused-ring (bicyclic) bond motifs is 7. The predicted molar refractivity (Wildman–Crippen MR) is 462 cm³/mol. The number of carbonyl (C=O) groups excluding carboxylic acids is 13. The first kappa shape index (κ1) is 88.3. The SMILES string of the molecule is CCC(C)(C)C(=O)Nc1cccc(C(=O)Nc2ccc3c(c2)C(=O)c2ccccc2C3=O)c1.CCC(C)(C)C(=O)Nc1cccc2c(=O)[nH]c(C)nc12.CCC(C)(C)C(=O)Nc1cccc2c1C(=O)OC(=O)C2.CCC(C)C(=O)Nc1ccc2c(c1)C(O)=CC2=O.CCC(C)c1ccc(C(=O)Nc2ccc3c(c2)C(=O)c2ccccc2C3=O)cc1. The predicted octanol–water partition coefficient (Wildman–Crippen LogP) is 18.0. The van der Waals surface area contributed by atoms with E-state index in [4.69, 9.17) is 0 Å². The van der Waals surface area contributed by atoms with Crippen molar-refractivity contribution in [1.82, 2.24) is 9.97 Å². The van der Waals surface area contributed by atoms with Crippen molar-refractivity contribution in [3.63, 3.8) is 0 Å². The van der Waals surface area contributed by atoms with E-state index in [1.165, 1.54) is 17.7 Å². The van der Waals surface area contributed by atoms with E-state index in [-0.39, 0.29) is 93.2 Å².